The van der Waals surface area contributed by atoms with Crippen molar-refractivity contribution in [3.05, 3.63) is 62.0 Å². The summed E-state index contributed by atoms with van der Waals surface area (Å²) >= 11 is 5.42. The molecule has 0 saturated carbocycles. The van der Waals surface area contributed by atoms with Crippen LogP contribution < -0.4 is 0 Å². The van der Waals surface area contributed by atoms with Crippen molar-refractivity contribution in [2.45, 2.75) is 6.54 Å². The normalized spacial score (nSPS) is 11.1. The third-order valence-corrected chi connectivity index (χ3v) is 4.34. The van der Waals surface area contributed by atoms with Gasteiger partial charge in [0.05, 0.1) is 12.1 Å². The molecule has 0 aliphatic carbocycles. The van der Waals surface area contributed by atoms with Crippen LogP contribution in [0.4, 0.5) is 4.39 Å². The van der Waals surface area contributed by atoms with E-state index in [-0.39, 0.29) is 5.82 Å². The first-order valence-corrected chi connectivity index (χ1v) is 7.57. The molecule has 19 heavy (non-hydrogen) atoms. The van der Waals surface area contributed by atoms with Crippen LogP contribution in [0.1, 0.15) is 5.56 Å². The van der Waals surface area contributed by atoms with Crippen LogP contribution >= 0.6 is 38.5 Å². The van der Waals surface area contributed by atoms with Crippen LogP contribution in [0.25, 0.3) is 10.9 Å². The van der Waals surface area contributed by atoms with Gasteiger partial charge in [0.15, 0.2) is 0 Å². The fraction of sp³-hybridized carbons (Fsp3) is 0.0714. The van der Waals surface area contributed by atoms with Crippen molar-refractivity contribution in [2.24, 2.45) is 0 Å². The third-order valence-electron chi connectivity index (χ3n) is 2.92. The van der Waals surface area contributed by atoms with E-state index in [4.69, 9.17) is 0 Å². The largest absolute Gasteiger partial charge is 0.259 e. The molecular formula is C14H9BrFIN2. The summed E-state index contributed by atoms with van der Waals surface area (Å²) in [6.45, 7) is 0.628. The Balaban J connectivity index is 2.12. The van der Waals surface area contributed by atoms with Gasteiger partial charge in [-0.1, -0.05) is 30.3 Å². The highest BCUT2D eigenvalue weighted by molar-refractivity contribution is 14.1. The maximum absolute atomic E-state index is 13.7. The Morgan fingerprint density at radius 1 is 1.21 bits per heavy atom. The Bertz CT molecular complexity index is 740. The van der Waals surface area contributed by atoms with Gasteiger partial charge in [0.25, 0.3) is 0 Å². The van der Waals surface area contributed by atoms with E-state index >= 15 is 0 Å². The SMILES string of the molecule is Fc1cc2c(cc1I)c(Br)nn2Cc1ccccc1. The number of hydrogen-bond acceptors (Lipinski definition) is 1. The molecule has 96 valence electrons. The summed E-state index contributed by atoms with van der Waals surface area (Å²) in [6.07, 6.45) is 0. The molecule has 0 bridgehead atoms. The zero-order valence-corrected chi connectivity index (χ0v) is 13.5. The highest BCUT2D eigenvalue weighted by Crippen LogP contribution is 2.27. The van der Waals surface area contributed by atoms with E-state index < -0.39 is 0 Å². The average molecular weight is 431 g/mol. The number of fused-ring (bicyclic) bond motifs is 1. The monoisotopic (exact) mass is 430 g/mol. The fourth-order valence-electron chi connectivity index (χ4n) is 2.01. The molecule has 3 aromatic rings. The summed E-state index contributed by atoms with van der Waals surface area (Å²) in [5, 5.41) is 5.36. The third kappa shape index (κ3) is 2.53. The lowest BCUT2D eigenvalue weighted by molar-refractivity contribution is 0.619. The fourth-order valence-corrected chi connectivity index (χ4v) is 2.98. The van der Waals surface area contributed by atoms with Gasteiger partial charge in [0.2, 0.25) is 0 Å². The van der Waals surface area contributed by atoms with Crippen LogP contribution in [0.2, 0.25) is 0 Å². The molecule has 3 rings (SSSR count). The van der Waals surface area contributed by atoms with E-state index in [0.29, 0.717) is 10.1 Å². The summed E-state index contributed by atoms with van der Waals surface area (Å²) in [4.78, 5) is 0. The van der Waals surface area contributed by atoms with Gasteiger partial charge in [-0.3, -0.25) is 4.68 Å². The van der Waals surface area contributed by atoms with Crippen LogP contribution in [-0.4, -0.2) is 9.78 Å². The van der Waals surface area contributed by atoms with Gasteiger partial charge in [0, 0.05) is 15.0 Å². The summed E-state index contributed by atoms with van der Waals surface area (Å²) in [7, 11) is 0. The molecule has 0 N–H and O–H groups in total. The molecule has 0 radical (unpaired) electrons. The Morgan fingerprint density at radius 3 is 2.68 bits per heavy atom. The van der Waals surface area contributed by atoms with Crippen molar-refractivity contribution >= 4 is 49.4 Å². The topological polar surface area (TPSA) is 17.8 Å². The lowest BCUT2D eigenvalue weighted by Crippen LogP contribution is -2.01. The van der Waals surface area contributed by atoms with Crippen LogP contribution in [-0.2, 0) is 6.54 Å². The van der Waals surface area contributed by atoms with Crippen LogP contribution in [0, 0.1) is 9.39 Å². The predicted molar refractivity (Wildman–Crippen MR) is 85.7 cm³/mol. The number of aromatic nitrogens is 2. The van der Waals surface area contributed by atoms with Crippen molar-refractivity contribution in [1.82, 2.24) is 9.78 Å². The van der Waals surface area contributed by atoms with E-state index in [0.717, 1.165) is 21.1 Å². The molecule has 2 nitrogen and oxygen atoms in total. The Labute approximate surface area is 131 Å². The lowest BCUT2D eigenvalue weighted by Gasteiger charge is -2.04. The first kappa shape index (κ1) is 13.1. The number of hydrogen-bond donors (Lipinski definition) is 0. The number of benzene rings is 2. The first-order valence-electron chi connectivity index (χ1n) is 5.70. The van der Waals surface area contributed by atoms with Crippen molar-refractivity contribution in [1.29, 1.82) is 0 Å². The molecule has 1 aromatic heterocycles. The quantitative estimate of drug-likeness (QED) is 0.543. The molecule has 5 heteroatoms. The summed E-state index contributed by atoms with van der Waals surface area (Å²) in [5.74, 6) is -0.213. The molecule has 0 aliphatic heterocycles. The summed E-state index contributed by atoms with van der Waals surface area (Å²) in [6, 6.07) is 13.4. The van der Waals surface area contributed by atoms with Crippen molar-refractivity contribution in [3.63, 3.8) is 0 Å². The molecule has 0 saturated heterocycles. The van der Waals surface area contributed by atoms with E-state index in [1.54, 1.807) is 0 Å². The Hall–Kier alpha value is -0.950. The first-order chi connectivity index (χ1) is 9.15. The van der Waals surface area contributed by atoms with Crippen molar-refractivity contribution in [3.8, 4) is 0 Å². The molecule has 0 aliphatic rings. The highest BCUT2D eigenvalue weighted by Gasteiger charge is 2.12. The van der Waals surface area contributed by atoms with E-state index in [1.165, 1.54) is 6.07 Å². The molecule has 1 heterocycles. The Kier molecular flexibility index (Phi) is 3.58. The zero-order chi connectivity index (χ0) is 13.4. The van der Waals surface area contributed by atoms with Gasteiger partial charge >= 0.3 is 0 Å². The molecule has 0 spiro atoms. The second-order valence-corrected chi connectivity index (χ2v) is 6.13. The van der Waals surface area contributed by atoms with Crippen LogP contribution in [0.5, 0.6) is 0 Å². The van der Waals surface area contributed by atoms with Crippen LogP contribution in [0.3, 0.4) is 0 Å². The maximum atomic E-state index is 13.7. The van der Waals surface area contributed by atoms with Gasteiger partial charge in [-0.2, -0.15) is 5.10 Å². The smallest absolute Gasteiger partial charge is 0.138 e. The van der Waals surface area contributed by atoms with E-state index in [2.05, 4.69) is 21.0 Å². The second kappa shape index (κ2) is 5.20. The molecular weight excluding hydrogens is 422 g/mol. The zero-order valence-electron chi connectivity index (χ0n) is 9.78. The van der Waals surface area contributed by atoms with Gasteiger partial charge in [-0.25, -0.2) is 4.39 Å². The van der Waals surface area contributed by atoms with Crippen LogP contribution in [0.15, 0.2) is 47.1 Å². The molecule has 0 fully saturated rings. The molecule has 2 aromatic carbocycles. The predicted octanol–water partition coefficient (Wildman–Crippen LogP) is 4.59. The van der Waals surface area contributed by atoms with Crippen molar-refractivity contribution in [2.75, 3.05) is 0 Å². The minimum Gasteiger partial charge on any atom is -0.259 e. The van der Waals surface area contributed by atoms with E-state index in [9.17, 15) is 4.39 Å². The Morgan fingerprint density at radius 2 is 1.95 bits per heavy atom. The number of rotatable bonds is 2. The maximum Gasteiger partial charge on any atom is 0.138 e. The summed E-state index contributed by atoms with van der Waals surface area (Å²) in [5.41, 5.74) is 1.94. The van der Waals surface area contributed by atoms with Gasteiger partial charge in [0.1, 0.15) is 10.4 Å². The highest BCUT2D eigenvalue weighted by atomic mass is 127. The standard InChI is InChI=1S/C14H9BrFIN2/c15-14-10-6-12(17)11(16)7-13(10)19(18-14)8-9-4-2-1-3-5-9/h1-7H,8H2. The minimum atomic E-state index is -0.213. The van der Waals surface area contributed by atoms with Gasteiger partial charge < -0.3 is 0 Å². The molecule has 0 amide bonds. The lowest BCUT2D eigenvalue weighted by atomic mass is 10.2. The average Bonchev–Trinajstić information content (AvgIpc) is 2.68. The van der Waals surface area contributed by atoms with Crippen molar-refractivity contribution < 1.29 is 4.39 Å². The summed E-state index contributed by atoms with van der Waals surface area (Å²) < 4.78 is 16.9. The molecule has 0 unspecified atom stereocenters. The number of halogens is 3. The molecule has 0 atom stereocenters. The number of nitrogens with zero attached hydrogens (tertiary/aromatic N) is 2. The second-order valence-electron chi connectivity index (χ2n) is 4.22. The minimum absolute atomic E-state index is 0.213. The van der Waals surface area contributed by atoms with Gasteiger partial charge in [-0.15, -0.1) is 0 Å². The van der Waals surface area contributed by atoms with E-state index in [1.807, 2.05) is 63.7 Å². The van der Waals surface area contributed by atoms with Gasteiger partial charge in [-0.05, 0) is 50.2 Å².